The second-order valence-corrected chi connectivity index (χ2v) is 35.7. The highest BCUT2D eigenvalue weighted by atomic mass is 32.2. The molecule has 41 nitrogen and oxygen atoms in total. The summed E-state index contributed by atoms with van der Waals surface area (Å²) < 4.78 is 0. The summed E-state index contributed by atoms with van der Waals surface area (Å²) in [5, 5.41) is 64.9. The summed E-state index contributed by atoms with van der Waals surface area (Å²) in [5.74, 6) is -25.1. The smallest absolute Gasteiger partial charge is 0.305 e. The SMILES string of the molecule is CC(C)C[C@@H]1NC(=O)[C@H](Cc2c[nH]c3ccccc23)NC(=O)[C@H](CC(=O)O)NC(=O)[C@H](Cc2ccc(O)cc2)NC(=O)[C@H](Cc2ccccc2)NC(=O)CSC[C@@H](C(=O)NCC(N)=O)NC(=O)[C@H](CO)NC(=O)[C@H](C(C)C)NC(=O)[C@H](CC(C)C)NC(=O)[C@H](CC(N)=O)NC(=O)[C@H](CC(N)=O)N(C)C(=O)[C@H](C)N(C)C(=O)[C@H](C(C)C)NC(=O)[C@H](Cc2ccc(-c3ccccc3)cc2)NC1=O. The van der Waals surface area contributed by atoms with Crippen LogP contribution >= 0.6 is 11.8 Å². The number of carbonyl (C=O) groups is 19. The molecule has 42 heteroatoms. The first-order valence-electron chi connectivity index (χ1n) is 44.0. The third-order valence-electron chi connectivity index (χ3n) is 22.2. The molecule has 0 saturated carbocycles. The van der Waals surface area contributed by atoms with Crippen molar-refractivity contribution in [2.24, 2.45) is 40.9 Å². The molecule has 1 aliphatic rings. The Morgan fingerprint density at radius 2 is 0.844 bits per heavy atom. The van der Waals surface area contributed by atoms with Gasteiger partial charge in [0.1, 0.15) is 90.3 Å². The molecule has 0 aliphatic carbocycles. The van der Waals surface area contributed by atoms with Crippen LogP contribution in [0.15, 0.2) is 140 Å². The lowest BCUT2D eigenvalue weighted by molar-refractivity contribution is -0.149. The molecule has 1 aliphatic heterocycles. The van der Waals surface area contributed by atoms with Crippen molar-refractivity contribution in [3.63, 3.8) is 0 Å². The van der Waals surface area contributed by atoms with Crippen LogP contribution in [-0.2, 0) is 117 Å². The van der Waals surface area contributed by atoms with Crippen LogP contribution in [0.1, 0.15) is 117 Å². The number of aliphatic carboxylic acids is 1. The van der Waals surface area contributed by atoms with E-state index in [2.05, 4.69) is 74.1 Å². The Morgan fingerprint density at radius 1 is 0.430 bits per heavy atom. The summed E-state index contributed by atoms with van der Waals surface area (Å²) in [6, 6.07) is 12.5. The largest absolute Gasteiger partial charge is 0.508 e. The predicted molar refractivity (Wildman–Crippen MR) is 497 cm³/mol. The van der Waals surface area contributed by atoms with Gasteiger partial charge in [0.2, 0.25) is 106 Å². The number of carboxylic acid groups (broad SMARTS) is 1. The summed E-state index contributed by atoms with van der Waals surface area (Å²) in [6.45, 7) is 12.2. The lowest BCUT2D eigenvalue weighted by atomic mass is 9.97. The van der Waals surface area contributed by atoms with Crippen LogP contribution in [0.3, 0.4) is 0 Å². The molecular weight excluding hydrogens is 1770 g/mol. The van der Waals surface area contributed by atoms with E-state index in [0.717, 1.165) is 28.0 Å². The molecule has 1 fully saturated rings. The Bertz CT molecular complexity index is 5220. The van der Waals surface area contributed by atoms with Gasteiger partial charge in [-0.1, -0.05) is 171 Å². The van der Waals surface area contributed by atoms with E-state index < -0.39 is 271 Å². The number of aromatic hydroxyl groups is 1. The number of rotatable bonds is 25. The highest BCUT2D eigenvalue weighted by Gasteiger charge is 2.43. The number of aromatic nitrogens is 1. The van der Waals surface area contributed by atoms with Gasteiger partial charge in [0.15, 0.2) is 0 Å². The summed E-state index contributed by atoms with van der Waals surface area (Å²) in [7, 11) is 2.28. The zero-order chi connectivity index (χ0) is 99.8. The molecular formula is C93H123N19O22S. The van der Waals surface area contributed by atoms with Crippen molar-refractivity contribution >= 4 is 135 Å². The highest BCUT2D eigenvalue weighted by molar-refractivity contribution is 8.00. The summed E-state index contributed by atoms with van der Waals surface area (Å²) >= 11 is 0.686. The van der Waals surface area contributed by atoms with Crippen LogP contribution in [0.2, 0.25) is 0 Å². The number of nitrogens with zero attached hydrogens (tertiary/aromatic N) is 2. The minimum Gasteiger partial charge on any atom is -0.508 e. The van der Waals surface area contributed by atoms with Crippen molar-refractivity contribution < 1.29 is 106 Å². The molecule has 14 atom stereocenters. The van der Waals surface area contributed by atoms with Gasteiger partial charge in [0, 0.05) is 62.6 Å². The fourth-order valence-corrected chi connectivity index (χ4v) is 15.6. The van der Waals surface area contributed by atoms with Gasteiger partial charge >= 0.3 is 5.97 Å². The molecule has 0 radical (unpaired) electrons. The third-order valence-corrected chi connectivity index (χ3v) is 23.3. The predicted octanol–water partition coefficient (Wildman–Crippen LogP) is -1.73. The minimum absolute atomic E-state index is 0.147. The van der Waals surface area contributed by atoms with Crippen molar-refractivity contribution in [2.45, 2.75) is 205 Å². The number of benzene rings is 5. The number of nitrogens with two attached hydrogens (primary N) is 3. The molecule has 1 aromatic heterocycles. The van der Waals surface area contributed by atoms with E-state index in [-0.39, 0.29) is 43.4 Å². The van der Waals surface area contributed by atoms with Crippen LogP contribution in [0.4, 0.5) is 0 Å². The number of thioether (sulfide) groups is 1. The molecule has 1 saturated heterocycles. The first kappa shape index (κ1) is 108. The van der Waals surface area contributed by atoms with Gasteiger partial charge < -0.3 is 116 Å². The van der Waals surface area contributed by atoms with Gasteiger partial charge in [-0.15, -0.1) is 11.8 Å². The van der Waals surface area contributed by atoms with Crippen LogP contribution in [0.5, 0.6) is 5.75 Å². The molecule has 5 aromatic carbocycles. The molecule has 0 spiro atoms. The van der Waals surface area contributed by atoms with E-state index in [9.17, 15) is 72.9 Å². The lowest BCUT2D eigenvalue weighted by Crippen LogP contribution is -2.62. The summed E-state index contributed by atoms with van der Waals surface area (Å²) in [5.41, 5.74) is 20.5. The Labute approximate surface area is 784 Å². The molecule has 0 bridgehead atoms. The minimum atomic E-state index is -2.08. The molecule has 728 valence electrons. The fraction of sp³-hybridized carbons (Fsp3) is 0.452. The first-order chi connectivity index (χ1) is 63.8. The van der Waals surface area contributed by atoms with Crippen molar-refractivity contribution in [1.82, 2.24) is 83.9 Å². The maximum absolute atomic E-state index is 15.5. The average molecular weight is 1890 g/mol. The van der Waals surface area contributed by atoms with E-state index >= 15 is 33.6 Å². The van der Waals surface area contributed by atoms with Gasteiger partial charge in [-0.25, -0.2) is 0 Å². The van der Waals surface area contributed by atoms with Gasteiger partial charge in [-0.05, 0) is 95.0 Å². The van der Waals surface area contributed by atoms with E-state index in [1.165, 1.54) is 52.1 Å². The number of phenols is 1. The normalized spacial score (nSPS) is 23.2. The maximum Gasteiger partial charge on any atom is 0.305 e. The van der Waals surface area contributed by atoms with Crippen LogP contribution in [0, 0.1) is 23.7 Å². The number of aliphatic hydroxyl groups is 1. The number of amides is 18. The van der Waals surface area contributed by atoms with Crippen molar-refractivity contribution in [3.05, 3.63) is 162 Å². The Balaban J connectivity index is 1.33. The zero-order valence-electron chi connectivity index (χ0n) is 77.0. The van der Waals surface area contributed by atoms with Gasteiger partial charge in [0.05, 0.1) is 38.2 Å². The second-order valence-electron chi connectivity index (χ2n) is 34.7. The number of primary amides is 3. The number of hydrogen-bond donors (Lipinski definition) is 20. The van der Waals surface area contributed by atoms with Crippen molar-refractivity contribution in [3.8, 4) is 16.9 Å². The van der Waals surface area contributed by atoms with Crippen molar-refractivity contribution in [2.75, 3.05) is 38.8 Å². The van der Waals surface area contributed by atoms with Gasteiger partial charge in [-0.2, -0.15) is 0 Å². The van der Waals surface area contributed by atoms with Gasteiger partial charge in [-0.3, -0.25) is 91.1 Å². The topological polar surface area (TPSA) is 642 Å². The van der Waals surface area contributed by atoms with E-state index in [1.54, 1.807) is 127 Å². The molecule has 18 amide bonds. The number of H-pyrrole nitrogens is 1. The standard InChI is InChI=1S/C93H123N19O22S/c1-48(2)34-62-81(122)103-66(37-54-26-30-57(31-27-54)56-22-16-13-17-23-56)88(129)110-79(51(7)8)93(134)111(10)52(9)92(133)112(11)72(42-74(95)116)90(131)106-68(40-73(94)115)85(126)101-63(35-49(3)4)87(128)109-78(50(5)6)91(132)107-70(45-113)89(130)108-71(80(121)98-44-75(96)117)46-135-47-76(118)99-64(36-53-20-14-12-15-21-53)82(123)102-65(38-55-28-32-59(114)33-29-55)83(124)105-69(41-77(119)120)86(127)104-67(84(125)100-62)39-58-43-97-61-25-19-18-24-60(58)61/h12-33,43,48-52,62-72,78-79,97,113-114H,34-42,44-47H2,1-11H3,(H2,94,115)(H2,95,116)(H2,96,117)(H,98,121)(H,99,118)(H,100,125)(H,101,126)(H,102,123)(H,103,122)(H,104,127)(H,105,124)(H,106,131)(H,107,132)(H,108,130)(H,109,128)(H,110,129)(H,119,120)/t52-,62-,63-,64-,65-,66-,67-,68-,69-,70-,71-,72-,78-,79-/m0/s1. The third kappa shape index (κ3) is 33.4. The molecule has 7 rings (SSSR count). The summed E-state index contributed by atoms with van der Waals surface area (Å²) in [6.07, 6.45) is -3.21. The average Bonchev–Trinajstić information content (AvgIpc) is 1.78. The van der Waals surface area contributed by atoms with Crippen LogP contribution < -0.4 is 86.3 Å². The number of fused-ring (bicyclic) bond motifs is 1. The van der Waals surface area contributed by atoms with E-state index in [1.807, 2.05) is 30.3 Å². The number of para-hydroxylation sites is 1. The Kier molecular flexibility index (Phi) is 41.2. The zero-order valence-corrected chi connectivity index (χ0v) is 77.8. The number of hydrogen-bond acceptors (Lipinski definition) is 22. The fourth-order valence-electron chi connectivity index (χ4n) is 14.8. The van der Waals surface area contributed by atoms with Crippen LogP contribution in [0.25, 0.3) is 22.0 Å². The van der Waals surface area contributed by atoms with Crippen LogP contribution in [-0.4, -0.2) is 266 Å². The molecule has 135 heavy (non-hydrogen) atoms. The molecule has 2 heterocycles. The van der Waals surface area contributed by atoms with Crippen molar-refractivity contribution in [1.29, 1.82) is 0 Å². The first-order valence-corrected chi connectivity index (χ1v) is 45.2. The highest BCUT2D eigenvalue weighted by Crippen LogP contribution is 2.25. The van der Waals surface area contributed by atoms with E-state index in [4.69, 9.17) is 17.2 Å². The number of aromatic amines is 1. The molecule has 23 N–H and O–H groups in total. The number of aliphatic hydroxyl groups excluding tert-OH is 1. The quantitative estimate of drug-likeness (QED) is 0.0303. The Morgan fingerprint density at radius 3 is 1.36 bits per heavy atom. The monoisotopic (exact) mass is 1890 g/mol. The van der Waals surface area contributed by atoms with E-state index in [0.29, 0.717) is 39.4 Å². The lowest BCUT2D eigenvalue weighted by Gasteiger charge is -2.35. The van der Waals surface area contributed by atoms with Gasteiger partial charge in [0.25, 0.3) is 0 Å². The second kappa shape index (κ2) is 51.6. The summed E-state index contributed by atoms with van der Waals surface area (Å²) in [4.78, 5) is 277. The number of carboxylic acids is 1. The Hall–Kier alpha value is -14.3. The molecule has 6 aromatic rings. The number of likely N-dealkylation sites (N-methyl/N-ethyl adjacent to an activating group) is 2. The number of nitrogens with one attached hydrogen (secondary N) is 14. The molecule has 0 unspecified atom stereocenters. The number of carbonyl (C=O) groups excluding carboxylic acids is 18. The number of phenolic OH excluding ortho intramolecular Hbond substituents is 1. The maximum atomic E-state index is 15.5.